The predicted molar refractivity (Wildman–Crippen MR) is 111 cm³/mol. The summed E-state index contributed by atoms with van der Waals surface area (Å²) in [7, 11) is -3.72. The van der Waals surface area contributed by atoms with Crippen molar-refractivity contribution in [3.8, 4) is 0 Å². The zero-order valence-corrected chi connectivity index (χ0v) is 17.8. The number of piperidine rings is 1. The van der Waals surface area contributed by atoms with Crippen LogP contribution in [0.2, 0.25) is 0 Å². The van der Waals surface area contributed by atoms with Crippen LogP contribution in [0.4, 0.5) is 0 Å². The molecule has 6 nitrogen and oxygen atoms in total. The Kier molecular flexibility index (Phi) is 4.38. The minimum absolute atomic E-state index is 0.0907. The van der Waals surface area contributed by atoms with Crippen LogP contribution < -0.4 is 0 Å². The third kappa shape index (κ3) is 2.91. The van der Waals surface area contributed by atoms with Crippen molar-refractivity contribution >= 4 is 21.8 Å². The van der Waals surface area contributed by atoms with Crippen LogP contribution >= 0.6 is 0 Å². The van der Waals surface area contributed by atoms with E-state index in [0.29, 0.717) is 41.8 Å². The molecule has 4 atom stereocenters. The van der Waals surface area contributed by atoms with Crippen LogP contribution in [-0.2, 0) is 10.0 Å². The number of rotatable bonds is 4. The van der Waals surface area contributed by atoms with Crippen LogP contribution in [0.15, 0.2) is 53.4 Å². The molecule has 7 heteroatoms. The molecule has 0 spiro atoms. The molecule has 5 rings (SSSR count). The van der Waals surface area contributed by atoms with Gasteiger partial charge in [0.2, 0.25) is 10.0 Å². The molecule has 30 heavy (non-hydrogen) atoms. The lowest BCUT2D eigenvalue weighted by atomic mass is 10.0. The monoisotopic (exact) mass is 424 g/mol. The number of carbonyl (C=O) groups is 2. The Morgan fingerprint density at radius 3 is 2.13 bits per heavy atom. The third-order valence-corrected chi connectivity index (χ3v) is 8.93. The zero-order valence-electron chi connectivity index (χ0n) is 17.0. The van der Waals surface area contributed by atoms with Crippen molar-refractivity contribution in [3.05, 3.63) is 65.2 Å². The number of benzene rings is 2. The minimum Gasteiger partial charge on any atom is -0.273 e. The first-order valence-electron chi connectivity index (χ1n) is 10.3. The van der Waals surface area contributed by atoms with Gasteiger partial charge in [-0.2, -0.15) is 4.31 Å². The van der Waals surface area contributed by atoms with Gasteiger partial charge >= 0.3 is 0 Å². The average molecular weight is 425 g/mol. The molecule has 3 aliphatic rings. The highest BCUT2D eigenvalue weighted by Crippen LogP contribution is 2.53. The highest BCUT2D eigenvalue weighted by Gasteiger charge is 2.55. The fourth-order valence-corrected chi connectivity index (χ4v) is 6.70. The molecule has 1 aliphatic carbocycles. The summed E-state index contributed by atoms with van der Waals surface area (Å²) < 4.78 is 28.5. The molecule has 156 valence electrons. The standard InChI is InChI=1S/C23H24N2O4S/c1-14-7-9-17(10-8-14)30(28,29)25-13-21-15(2)20(21)11-16(25)12-24-22(26)18-5-3-4-6-19(18)23(24)27/h3-10,15-16,20-21H,11-13H2,1-2H3/t15-,16+,20+,21-/m1/s1. The van der Waals surface area contributed by atoms with Crippen molar-refractivity contribution in [2.24, 2.45) is 17.8 Å². The van der Waals surface area contributed by atoms with Crippen LogP contribution in [-0.4, -0.2) is 48.6 Å². The highest BCUT2D eigenvalue weighted by molar-refractivity contribution is 7.89. The number of hydrogen-bond acceptors (Lipinski definition) is 4. The average Bonchev–Trinajstić information content (AvgIpc) is 3.31. The van der Waals surface area contributed by atoms with Gasteiger partial charge in [0.05, 0.1) is 16.0 Å². The van der Waals surface area contributed by atoms with Gasteiger partial charge < -0.3 is 0 Å². The van der Waals surface area contributed by atoms with Gasteiger partial charge in [-0.1, -0.05) is 36.8 Å². The normalized spacial score (nSPS) is 28.4. The number of amides is 2. The lowest BCUT2D eigenvalue weighted by Gasteiger charge is -2.36. The Labute approximate surface area is 176 Å². The molecule has 2 fully saturated rings. The fraction of sp³-hybridized carbons (Fsp3) is 0.391. The van der Waals surface area contributed by atoms with Gasteiger partial charge in [0.25, 0.3) is 11.8 Å². The Hall–Kier alpha value is -2.51. The highest BCUT2D eigenvalue weighted by atomic mass is 32.2. The van der Waals surface area contributed by atoms with Gasteiger partial charge in [-0.05, 0) is 55.4 Å². The molecule has 0 N–H and O–H groups in total. The molecule has 2 aromatic carbocycles. The number of imide groups is 1. The number of sulfonamides is 1. The summed E-state index contributed by atoms with van der Waals surface area (Å²) in [5.41, 5.74) is 1.78. The number of nitrogens with zero attached hydrogens (tertiary/aromatic N) is 2. The molecule has 2 heterocycles. The van der Waals surface area contributed by atoms with Crippen LogP contribution in [0.5, 0.6) is 0 Å². The molecule has 2 amide bonds. The Morgan fingerprint density at radius 1 is 0.933 bits per heavy atom. The zero-order chi connectivity index (χ0) is 21.2. The second kappa shape index (κ2) is 6.75. The van der Waals surface area contributed by atoms with Gasteiger partial charge in [0.1, 0.15) is 0 Å². The summed E-state index contributed by atoms with van der Waals surface area (Å²) in [6.45, 7) is 4.60. The van der Waals surface area contributed by atoms with Crippen molar-refractivity contribution in [2.75, 3.05) is 13.1 Å². The van der Waals surface area contributed by atoms with Crippen molar-refractivity contribution in [3.63, 3.8) is 0 Å². The molecular weight excluding hydrogens is 400 g/mol. The third-order valence-electron chi connectivity index (χ3n) is 7.00. The van der Waals surface area contributed by atoms with Gasteiger partial charge in [-0.15, -0.1) is 0 Å². The van der Waals surface area contributed by atoms with Crippen molar-refractivity contribution in [1.29, 1.82) is 0 Å². The first-order valence-corrected chi connectivity index (χ1v) is 11.8. The van der Waals surface area contributed by atoms with E-state index in [9.17, 15) is 18.0 Å². The maximum absolute atomic E-state index is 13.5. The van der Waals surface area contributed by atoms with E-state index < -0.39 is 16.1 Å². The van der Waals surface area contributed by atoms with E-state index in [2.05, 4.69) is 6.92 Å². The SMILES string of the molecule is Cc1ccc(S(=O)(=O)N2C[C@@H]3[C@H](C)[C@@H]3C[C@H]2CN2C(=O)c3ccccc3C2=O)cc1. The quantitative estimate of drug-likeness (QED) is 0.708. The summed E-state index contributed by atoms with van der Waals surface area (Å²) in [5.74, 6) is 0.592. The van der Waals surface area contributed by atoms with Crippen molar-refractivity contribution in [2.45, 2.75) is 31.2 Å². The molecular formula is C23H24N2O4S. The largest absolute Gasteiger partial charge is 0.273 e. The summed E-state index contributed by atoms with van der Waals surface area (Å²) in [6.07, 6.45) is 0.671. The van der Waals surface area contributed by atoms with E-state index in [1.165, 1.54) is 9.21 Å². The predicted octanol–water partition coefficient (Wildman–Crippen LogP) is 2.94. The van der Waals surface area contributed by atoms with Gasteiger partial charge in [-0.3, -0.25) is 14.5 Å². The minimum atomic E-state index is -3.72. The summed E-state index contributed by atoms with van der Waals surface area (Å²) in [4.78, 5) is 27.2. The molecule has 0 unspecified atom stereocenters. The number of carbonyl (C=O) groups excluding carboxylic acids is 2. The van der Waals surface area contributed by atoms with Crippen molar-refractivity contribution in [1.82, 2.24) is 9.21 Å². The van der Waals surface area contributed by atoms with E-state index in [-0.39, 0.29) is 23.3 Å². The van der Waals surface area contributed by atoms with E-state index in [1.807, 2.05) is 6.92 Å². The summed E-state index contributed by atoms with van der Waals surface area (Å²) in [6, 6.07) is 13.2. The maximum atomic E-state index is 13.5. The maximum Gasteiger partial charge on any atom is 0.261 e. The molecule has 2 aliphatic heterocycles. The summed E-state index contributed by atoms with van der Waals surface area (Å²) >= 11 is 0. The van der Waals surface area contributed by atoms with E-state index in [0.717, 1.165) is 5.56 Å². The molecule has 0 radical (unpaired) electrons. The molecule has 1 saturated heterocycles. The molecule has 0 bridgehead atoms. The van der Waals surface area contributed by atoms with Gasteiger partial charge in [-0.25, -0.2) is 8.42 Å². The van der Waals surface area contributed by atoms with Crippen LogP contribution in [0.3, 0.4) is 0 Å². The second-order valence-corrected chi connectivity index (χ2v) is 10.6. The van der Waals surface area contributed by atoms with E-state index in [4.69, 9.17) is 0 Å². The van der Waals surface area contributed by atoms with Crippen LogP contribution in [0, 0.1) is 24.7 Å². The molecule has 1 saturated carbocycles. The lowest BCUT2D eigenvalue weighted by Crippen LogP contribution is -2.51. The van der Waals surface area contributed by atoms with Crippen LogP contribution in [0.25, 0.3) is 0 Å². The molecule has 2 aromatic rings. The van der Waals surface area contributed by atoms with Gasteiger partial charge in [0.15, 0.2) is 0 Å². The first kappa shape index (κ1) is 19.5. The summed E-state index contributed by atoms with van der Waals surface area (Å²) in [5, 5.41) is 0. The number of aryl methyl sites for hydroxylation is 1. The number of fused-ring (bicyclic) bond motifs is 2. The lowest BCUT2D eigenvalue weighted by molar-refractivity contribution is 0.0603. The van der Waals surface area contributed by atoms with E-state index >= 15 is 0 Å². The second-order valence-electron chi connectivity index (χ2n) is 8.73. The smallest absolute Gasteiger partial charge is 0.261 e. The Bertz CT molecular complexity index is 1110. The van der Waals surface area contributed by atoms with Gasteiger partial charge in [0, 0.05) is 19.1 Å². The topological polar surface area (TPSA) is 74.8 Å². The Balaban J connectivity index is 1.46. The molecule has 0 aromatic heterocycles. The van der Waals surface area contributed by atoms with Crippen molar-refractivity contribution < 1.29 is 18.0 Å². The fourth-order valence-electron chi connectivity index (χ4n) is 5.04. The Morgan fingerprint density at radius 2 is 1.53 bits per heavy atom. The number of hydrogen-bond donors (Lipinski definition) is 0. The van der Waals surface area contributed by atoms with Crippen LogP contribution in [0.1, 0.15) is 39.6 Å². The van der Waals surface area contributed by atoms with E-state index in [1.54, 1.807) is 48.5 Å². The first-order chi connectivity index (χ1) is 14.3.